The van der Waals surface area contributed by atoms with Gasteiger partial charge >= 0.3 is 5.97 Å². The van der Waals surface area contributed by atoms with Crippen LogP contribution in [0.3, 0.4) is 0 Å². The number of ether oxygens (including phenoxy) is 1. The normalized spacial score (nSPS) is 18.8. The van der Waals surface area contributed by atoms with Gasteiger partial charge in [0, 0.05) is 0 Å². The van der Waals surface area contributed by atoms with Crippen molar-refractivity contribution >= 4 is 11.9 Å². The first-order valence-electron chi connectivity index (χ1n) is 4.58. The molecule has 1 aromatic carbocycles. The van der Waals surface area contributed by atoms with Crippen molar-refractivity contribution in [2.75, 3.05) is 6.61 Å². The number of carboxylic acids is 1. The van der Waals surface area contributed by atoms with Crippen molar-refractivity contribution in [3.05, 3.63) is 35.1 Å². The summed E-state index contributed by atoms with van der Waals surface area (Å²) in [4.78, 5) is 14.1. The molecule has 1 unspecified atom stereocenters. The van der Waals surface area contributed by atoms with Crippen LogP contribution < -0.4 is 0 Å². The van der Waals surface area contributed by atoms with Crippen LogP contribution in [0.25, 0.3) is 0 Å². The first kappa shape index (κ1) is 11.4. The highest BCUT2D eigenvalue weighted by Gasteiger charge is 2.28. The summed E-state index contributed by atoms with van der Waals surface area (Å²) in [5.74, 6) is -6.00. The molecule has 0 amide bonds. The Morgan fingerprint density at radius 2 is 2.06 bits per heavy atom. The minimum Gasteiger partial charge on any atom is -0.480 e. The molecule has 0 aromatic heterocycles. The summed E-state index contributed by atoms with van der Waals surface area (Å²) in [5, 5.41) is 8.63. The van der Waals surface area contributed by atoms with Crippen molar-refractivity contribution in [3.8, 4) is 0 Å². The number of halogens is 3. The highest BCUT2D eigenvalue weighted by atomic mass is 19.2. The van der Waals surface area contributed by atoms with Crippen LogP contribution in [0.15, 0.2) is 17.1 Å². The van der Waals surface area contributed by atoms with E-state index in [2.05, 4.69) is 4.99 Å². The molecule has 1 heterocycles. The van der Waals surface area contributed by atoms with Crippen molar-refractivity contribution < 1.29 is 27.8 Å². The number of carbonyl (C=O) groups is 1. The molecule has 2 rings (SSSR count). The summed E-state index contributed by atoms with van der Waals surface area (Å²) in [5.41, 5.74) is -0.396. The second-order valence-electron chi connectivity index (χ2n) is 3.32. The molecule has 17 heavy (non-hydrogen) atoms. The van der Waals surface area contributed by atoms with Gasteiger partial charge in [0.1, 0.15) is 6.61 Å². The summed E-state index contributed by atoms with van der Waals surface area (Å²) in [6.07, 6.45) is 0. The lowest BCUT2D eigenvalue weighted by Gasteiger charge is -2.03. The van der Waals surface area contributed by atoms with Crippen LogP contribution in [0.2, 0.25) is 0 Å². The van der Waals surface area contributed by atoms with Gasteiger partial charge in [-0.15, -0.1) is 0 Å². The van der Waals surface area contributed by atoms with Gasteiger partial charge in [0.15, 0.2) is 23.5 Å². The Labute approximate surface area is 93.3 Å². The van der Waals surface area contributed by atoms with Gasteiger partial charge in [-0.2, -0.15) is 0 Å². The number of benzene rings is 1. The maximum atomic E-state index is 13.3. The number of hydrogen-bond acceptors (Lipinski definition) is 3. The van der Waals surface area contributed by atoms with Crippen LogP contribution in [-0.2, 0) is 9.53 Å². The summed E-state index contributed by atoms with van der Waals surface area (Å²) in [6, 6.07) is 0.502. The highest BCUT2D eigenvalue weighted by molar-refractivity contribution is 5.97. The minimum atomic E-state index is -1.65. The average Bonchev–Trinajstić information content (AvgIpc) is 2.75. The molecule has 0 fully saturated rings. The molecular weight excluding hydrogens is 239 g/mol. The predicted octanol–water partition coefficient (Wildman–Crippen LogP) is 1.33. The second kappa shape index (κ2) is 4.08. The quantitative estimate of drug-likeness (QED) is 0.800. The van der Waals surface area contributed by atoms with Crippen LogP contribution in [0, 0.1) is 17.5 Å². The summed E-state index contributed by atoms with van der Waals surface area (Å²) >= 11 is 0. The van der Waals surface area contributed by atoms with Crippen LogP contribution in [-0.4, -0.2) is 29.6 Å². The lowest BCUT2D eigenvalue weighted by molar-refractivity contribution is -0.138. The zero-order chi connectivity index (χ0) is 12.6. The molecule has 0 aliphatic carbocycles. The number of carboxylic acid groups (broad SMARTS) is 1. The van der Waals surface area contributed by atoms with E-state index in [0.717, 1.165) is 6.07 Å². The van der Waals surface area contributed by atoms with E-state index in [-0.39, 0.29) is 12.5 Å². The van der Waals surface area contributed by atoms with Crippen molar-refractivity contribution in [3.63, 3.8) is 0 Å². The highest BCUT2D eigenvalue weighted by Crippen LogP contribution is 2.19. The molecule has 0 bridgehead atoms. The van der Waals surface area contributed by atoms with E-state index in [1.165, 1.54) is 0 Å². The lowest BCUT2D eigenvalue weighted by Crippen LogP contribution is -2.18. The van der Waals surface area contributed by atoms with Crippen molar-refractivity contribution in [2.45, 2.75) is 6.04 Å². The average molecular weight is 245 g/mol. The Morgan fingerprint density at radius 1 is 1.35 bits per heavy atom. The van der Waals surface area contributed by atoms with Gasteiger partial charge in [-0.3, -0.25) is 0 Å². The Balaban J connectivity index is 2.40. The van der Waals surface area contributed by atoms with Crippen molar-refractivity contribution in [1.82, 2.24) is 0 Å². The Bertz CT molecular complexity index is 516. The molecule has 0 radical (unpaired) electrons. The molecule has 0 saturated heterocycles. The summed E-state index contributed by atoms with van der Waals surface area (Å²) < 4.78 is 43.7. The van der Waals surface area contributed by atoms with Crippen molar-refractivity contribution in [2.24, 2.45) is 4.99 Å². The molecule has 1 aliphatic rings. The molecule has 1 N–H and O–H groups in total. The van der Waals surface area contributed by atoms with Crippen LogP contribution in [0.4, 0.5) is 13.2 Å². The topological polar surface area (TPSA) is 58.9 Å². The Morgan fingerprint density at radius 3 is 2.65 bits per heavy atom. The Hall–Kier alpha value is -2.05. The standard InChI is InChI=1S/C10H6F3NO3/c11-5-2-1-4(7(12)8(5)13)9-14-6(3-17-9)10(15)16/h1-2,6H,3H2,(H,15,16). The van der Waals surface area contributed by atoms with E-state index in [4.69, 9.17) is 9.84 Å². The third-order valence-corrected chi connectivity index (χ3v) is 2.20. The van der Waals surface area contributed by atoms with Crippen LogP contribution in [0.5, 0.6) is 0 Å². The third kappa shape index (κ3) is 1.95. The van der Waals surface area contributed by atoms with Gasteiger partial charge in [0.25, 0.3) is 0 Å². The first-order valence-corrected chi connectivity index (χ1v) is 4.58. The van der Waals surface area contributed by atoms with E-state index < -0.39 is 35.0 Å². The summed E-state index contributed by atoms with van der Waals surface area (Å²) in [7, 11) is 0. The molecule has 1 aliphatic heterocycles. The maximum absolute atomic E-state index is 13.3. The molecule has 0 spiro atoms. The van der Waals surface area contributed by atoms with Gasteiger partial charge < -0.3 is 9.84 Å². The fourth-order valence-electron chi connectivity index (χ4n) is 1.34. The lowest BCUT2D eigenvalue weighted by atomic mass is 10.2. The largest absolute Gasteiger partial charge is 0.480 e. The molecular formula is C10H6F3NO3. The maximum Gasteiger partial charge on any atom is 0.332 e. The van der Waals surface area contributed by atoms with Crippen LogP contribution >= 0.6 is 0 Å². The number of rotatable bonds is 2. The van der Waals surface area contributed by atoms with Crippen LogP contribution in [0.1, 0.15) is 5.56 Å². The number of aliphatic imine (C=N–C) groups is 1. The molecule has 7 heteroatoms. The predicted molar refractivity (Wildman–Crippen MR) is 50.2 cm³/mol. The van der Waals surface area contributed by atoms with Gasteiger partial charge in [-0.1, -0.05) is 0 Å². The van der Waals surface area contributed by atoms with E-state index in [0.29, 0.717) is 6.07 Å². The minimum absolute atomic E-state index is 0.261. The molecule has 90 valence electrons. The van der Waals surface area contributed by atoms with Gasteiger partial charge in [-0.05, 0) is 12.1 Å². The zero-order valence-electron chi connectivity index (χ0n) is 8.28. The SMILES string of the molecule is O=C(O)C1COC(c2ccc(F)c(F)c2F)=N1. The zero-order valence-corrected chi connectivity index (χ0v) is 8.28. The number of hydrogen-bond donors (Lipinski definition) is 1. The smallest absolute Gasteiger partial charge is 0.332 e. The van der Waals surface area contributed by atoms with Gasteiger partial charge in [0.05, 0.1) is 5.56 Å². The molecule has 0 saturated carbocycles. The fraction of sp³-hybridized carbons (Fsp3) is 0.200. The van der Waals surface area contributed by atoms with Gasteiger partial charge in [-0.25, -0.2) is 23.0 Å². The molecule has 1 atom stereocenters. The van der Waals surface area contributed by atoms with Gasteiger partial charge in [0.2, 0.25) is 5.90 Å². The van der Waals surface area contributed by atoms with E-state index in [9.17, 15) is 18.0 Å². The Kier molecular flexibility index (Phi) is 2.74. The first-order chi connectivity index (χ1) is 8.00. The second-order valence-corrected chi connectivity index (χ2v) is 3.32. The molecule has 1 aromatic rings. The third-order valence-electron chi connectivity index (χ3n) is 2.20. The van der Waals surface area contributed by atoms with E-state index in [1.54, 1.807) is 0 Å². The van der Waals surface area contributed by atoms with E-state index >= 15 is 0 Å². The van der Waals surface area contributed by atoms with Crippen molar-refractivity contribution in [1.29, 1.82) is 0 Å². The number of nitrogens with zero attached hydrogens (tertiary/aromatic N) is 1. The summed E-state index contributed by atoms with van der Waals surface area (Å²) in [6.45, 7) is -0.261. The van der Waals surface area contributed by atoms with E-state index in [1.807, 2.05) is 0 Å². The fourth-order valence-corrected chi connectivity index (χ4v) is 1.34. The molecule has 4 nitrogen and oxygen atoms in total. The number of aliphatic carboxylic acids is 1. The monoisotopic (exact) mass is 245 g/mol.